The smallest absolute Gasteiger partial charge is 0.127 e. The molecule has 4 aromatic carbocycles. The molecular weight excluding hydrogens is 318 g/mol. The van der Waals surface area contributed by atoms with Crippen molar-refractivity contribution in [3.8, 4) is 22.6 Å². The average Bonchev–Trinajstić information content (AvgIpc) is 2.72. The Morgan fingerprint density at radius 2 is 0.885 bits per heavy atom. The summed E-state index contributed by atoms with van der Waals surface area (Å²) in [5.74, 6) is 1.66. The molecule has 2 heteroatoms. The van der Waals surface area contributed by atoms with Crippen LogP contribution in [0.3, 0.4) is 0 Å². The predicted molar refractivity (Wildman–Crippen MR) is 108 cm³/mol. The zero-order valence-corrected chi connectivity index (χ0v) is 14.3. The molecule has 0 amide bonds. The summed E-state index contributed by atoms with van der Waals surface area (Å²) >= 11 is 0. The second kappa shape index (κ2) is 7.58. The fourth-order valence-electron chi connectivity index (χ4n) is 2.77. The van der Waals surface area contributed by atoms with Crippen molar-refractivity contribution in [2.75, 3.05) is 5.32 Å². The molecule has 0 bridgehead atoms. The first-order chi connectivity index (χ1) is 12.9. The van der Waals surface area contributed by atoms with Gasteiger partial charge in [-0.25, -0.2) is 0 Å². The van der Waals surface area contributed by atoms with Crippen molar-refractivity contribution >= 4 is 11.4 Å². The highest BCUT2D eigenvalue weighted by Crippen LogP contribution is 2.26. The molecular formula is C24H19NO. The van der Waals surface area contributed by atoms with Crippen LogP contribution in [-0.2, 0) is 0 Å². The first-order valence-corrected chi connectivity index (χ1v) is 8.62. The van der Waals surface area contributed by atoms with Gasteiger partial charge in [-0.3, -0.25) is 0 Å². The Balaban J connectivity index is 1.42. The predicted octanol–water partition coefficient (Wildman–Crippen LogP) is 6.89. The number of hydrogen-bond donors (Lipinski definition) is 1. The molecule has 0 aliphatic heterocycles. The van der Waals surface area contributed by atoms with Crippen LogP contribution in [0.4, 0.5) is 11.4 Å². The Morgan fingerprint density at radius 3 is 1.50 bits per heavy atom. The number of benzene rings is 4. The average molecular weight is 337 g/mol. The third kappa shape index (κ3) is 3.93. The molecule has 126 valence electrons. The summed E-state index contributed by atoms with van der Waals surface area (Å²) in [6.45, 7) is 0. The maximum atomic E-state index is 5.82. The van der Waals surface area contributed by atoms with E-state index in [1.54, 1.807) is 0 Å². The van der Waals surface area contributed by atoms with E-state index in [0.717, 1.165) is 22.9 Å². The number of hydrogen-bond acceptors (Lipinski definition) is 2. The van der Waals surface area contributed by atoms with E-state index in [1.807, 2.05) is 60.7 Å². The minimum Gasteiger partial charge on any atom is -0.457 e. The highest BCUT2D eigenvalue weighted by Gasteiger charge is 2.00. The van der Waals surface area contributed by atoms with Gasteiger partial charge in [0, 0.05) is 11.4 Å². The summed E-state index contributed by atoms with van der Waals surface area (Å²) in [5.41, 5.74) is 4.52. The Morgan fingerprint density at radius 1 is 0.423 bits per heavy atom. The lowest BCUT2D eigenvalue weighted by molar-refractivity contribution is 0.483. The fourth-order valence-corrected chi connectivity index (χ4v) is 2.77. The summed E-state index contributed by atoms with van der Waals surface area (Å²) in [6.07, 6.45) is 0. The van der Waals surface area contributed by atoms with E-state index in [9.17, 15) is 0 Å². The molecule has 0 fully saturated rings. The van der Waals surface area contributed by atoms with Gasteiger partial charge in [0.2, 0.25) is 0 Å². The van der Waals surface area contributed by atoms with Crippen molar-refractivity contribution in [2.24, 2.45) is 0 Å². The quantitative estimate of drug-likeness (QED) is 0.428. The number of rotatable bonds is 5. The standard InChI is InChI=1S/C24H19NO/c1-3-7-19(8-4-1)20-11-13-21(14-12-20)25-22-15-17-24(18-16-22)26-23-9-5-2-6-10-23/h1-18,25H. The molecule has 2 nitrogen and oxygen atoms in total. The van der Waals surface area contributed by atoms with Crippen molar-refractivity contribution in [1.82, 2.24) is 0 Å². The second-order valence-electron chi connectivity index (χ2n) is 6.01. The maximum Gasteiger partial charge on any atom is 0.127 e. The van der Waals surface area contributed by atoms with E-state index < -0.39 is 0 Å². The normalized spacial score (nSPS) is 10.3. The lowest BCUT2D eigenvalue weighted by atomic mass is 10.1. The summed E-state index contributed by atoms with van der Waals surface area (Å²) in [6, 6.07) is 36.6. The van der Waals surface area contributed by atoms with Gasteiger partial charge in [-0.15, -0.1) is 0 Å². The molecule has 0 radical (unpaired) electrons. The molecule has 0 aliphatic rings. The van der Waals surface area contributed by atoms with Gasteiger partial charge in [-0.1, -0.05) is 60.7 Å². The Labute approximate surface area is 153 Å². The molecule has 26 heavy (non-hydrogen) atoms. The molecule has 0 unspecified atom stereocenters. The highest BCUT2D eigenvalue weighted by molar-refractivity contribution is 5.68. The van der Waals surface area contributed by atoms with Crippen LogP contribution in [0, 0.1) is 0 Å². The van der Waals surface area contributed by atoms with Crippen LogP contribution in [0.5, 0.6) is 11.5 Å². The van der Waals surface area contributed by atoms with E-state index in [0.29, 0.717) is 0 Å². The molecule has 4 aromatic rings. The number of ether oxygens (including phenoxy) is 1. The van der Waals surface area contributed by atoms with Crippen LogP contribution < -0.4 is 10.1 Å². The highest BCUT2D eigenvalue weighted by atomic mass is 16.5. The molecule has 0 atom stereocenters. The summed E-state index contributed by atoms with van der Waals surface area (Å²) in [4.78, 5) is 0. The second-order valence-corrected chi connectivity index (χ2v) is 6.01. The third-order valence-electron chi connectivity index (χ3n) is 4.11. The minimum absolute atomic E-state index is 0.821. The van der Waals surface area contributed by atoms with Gasteiger partial charge in [0.05, 0.1) is 0 Å². The van der Waals surface area contributed by atoms with E-state index in [4.69, 9.17) is 4.74 Å². The first-order valence-electron chi connectivity index (χ1n) is 8.62. The van der Waals surface area contributed by atoms with Gasteiger partial charge in [0.1, 0.15) is 11.5 Å². The van der Waals surface area contributed by atoms with Gasteiger partial charge >= 0.3 is 0 Å². The maximum absolute atomic E-state index is 5.82. The van der Waals surface area contributed by atoms with E-state index >= 15 is 0 Å². The summed E-state index contributed by atoms with van der Waals surface area (Å²) in [7, 11) is 0. The Kier molecular flexibility index (Phi) is 4.66. The molecule has 1 N–H and O–H groups in total. The van der Waals surface area contributed by atoms with Crippen LogP contribution in [-0.4, -0.2) is 0 Å². The molecule has 0 spiro atoms. The van der Waals surface area contributed by atoms with E-state index in [1.165, 1.54) is 11.1 Å². The van der Waals surface area contributed by atoms with Crippen molar-refractivity contribution in [3.63, 3.8) is 0 Å². The largest absolute Gasteiger partial charge is 0.457 e. The van der Waals surface area contributed by atoms with Crippen LogP contribution in [0.1, 0.15) is 0 Å². The Bertz CT molecular complexity index is 946. The van der Waals surface area contributed by atoms with Gasteiger partial charge < -0.3 is 10.1 Å². The van der Waals surface area contributed by atoms with Gasteiger partial charge in [-0.05, 0) is 59.7 Å². The van der Waals surface area contributed by atoms with Crippen LogP contribution in [0.2, 0.25) is 0 Å². The minimum atomic E-state index is 0.821. The molecule has 0 heterocycles. The lowest BCUT2D eigenvalue weighted by Gasteiger charge is -2.10. The molecule has 0 saturated carbocycles. The van der Waals surface area contributed by atoms with Crippen molar-refractivity contribution in [2.45, 2.75) is 0 Å². The fraction of sp³-hybridized carbons (Fsp3) is 0. The molecule has 0 saturated heterocycles. The molecule has 0 aliphatic carbocycles. The van der Waals surface area contributed by atoms with Crippen LogP contribution in [0.15, 0.2) is 109 Å². The topological polar surface area (TPSA) is 21.3 Å². The molecule has 0 aromatic heterocycles. The zero-order valence-electron chi connectivity index (χ0n) is 14.3. The zero-order chi connectivity index (χ0) is 17.6. The van der Waals surface area contributed by atoms with Crippen LogP contribution >= 0.6 is 0 Å². The lowest BCUT2D eigenvalue weighted by Crippen LogP contribution is -1.90. The Hall–Kier alpha value is -3.52. The molecule has 4 rings (SSSR count). The summed E-state index contributed by atoms with van der Waals surface area (Å²) in [5, 5.41) is 3.42. The number of para-hydroxylation sites is 1. The van der Waals surface area contributed by atoms with Gasteiger partial charge in [0.15, 0.2) is 0 Å². The number of nitrogens with one attached hydrogen (secondary N) is 1. The first kappa shape index (κ1) is 16.0. The van der Waals surface area contributed by atoms with E-state index in [2.05, 4.69) is 53.8 Å². The van der Waals surface area contributed by atoms with Crippen LogP contribution in [0.25, 0.3) is 11.1 Å². The van der Waals surface area contributed by atoms with Crippen molar-refractivity contribution < 1.29 is 4.74 Å². The van der Waals surface area contributed by atoms with Gasteiger partial charge in [-0.2, -0.15) is 0 Å². The van der Waals surface area contributed by atoms with Crippen molar-refractivity contribution in [1.29, 1.82) is 0 Å². The summed E-state index contributed by atoms with van der Waals surface area (Å²) < 4.78 is 5.82. The van der Waals surface area contributed by atoms with Gasteiger partial charge in [0.25, 0.3) is 0 Å². The number of anilines is 2. The SMILES string of the molecule is c1ccc(Oc2ccc(Nc3ccc(-c4ccccc4)cc3)cc2)cc1. The van der Waals surface area contributed by atoms with Crippen molar-refractivity contribution in [3.05, 3.63) is 109 Å². The van der Waals surface area contributed by atoms with E-state index in [-0.39, 0.29) is 0 Å². The third-order valence-corrected chi connectivity index (χ3v) is 4.11. The monoisotopic (exact) mass is 337 g/mol.